The molecule has 17 N–H and O–H groups in total. The Kier molecular flexibility index (Phi) is 17.0. The van der Waals surface area contributed by atoms with Gasteiger partial charge in [-0.05, 0) is 6.07 Å². The molecule has 33 heteroatoms. The number of hydrogen-bond donors (Lipinski definition) is 16. The lowest BCUT2D eigenvalue weighted by Crippen LogP contribution is -2.68. The molecule has 3 fully saturated rings. The Morgan fingerprint density at radius 1 is 0.951 bits per heavy atom. The van der Waals surface area contributed by atoms with Gasteiger partial charge in [-0.2, -0.15) is 4.98 Å². The van der Waals surface area contributed by atoms with E-state index in [0.29, 0.717) is 0 Å². The number of carbonyl (C=O) groups excluding carboxylic acids is 2. The molecule has 3 aliphatic rings. The van der Waals surface area contributed by atoms with E-state index in [4.69, 9.17) is 43.5 Å². The first kappa shape index (κ1) is 50.4. The number of phosphoric acid groups is 2. The third-order valence-corrected chi connectivity index (χ3v) is 10.7. The smallest absolute Gasteiger partial charge is 0.475 e. The first-order valence-corrected chi connectivity index (χ1v) is 20.5. The van der Waals surface area contributed by atoms with Crippen LogP contribution in [0.1, 0.15) is 12.6 Å². The summed E-state index contributed by atoms with van der Waals surface area (Å²) >= 11 is 0. The van der Waals surface area contributed by atoms with Crippen LogP contribution in [0.3, 0.4) is 0 Å². The minimum atomic E-state index is -5.73. The number of aromatic nitrogens is 2. The topological polar surface area (TPSA) is 498 Å². The number of amides is 2. The predicted octanol–water partition coefficient (Wildman–Crippen LogP) is -9.24. The van der Waals surface area contributed by atoms with Crippen LogP contribution in [0.25, 0.3) is 0 Å². The molecule has 2 amide bonds. The monoisotopic (exact) mass is 929 g/mol. The summed E-state index contributed by atoms with van der Waals surface area (Å²) in [7, 11) is -10.8. The number of hydrogen-bond acceptors (Lipinski definition) is 24. The Morgan fingerprint density at radius 2 is 1.57 bits per heavy atom. The molecule has 16 atom stereocenters. The molecule has 3 aliphatic heterocycles. The summed E-state index contributed by atoms with van der Waals surface area (Å²) in [5.41, 5.74) is 4.42. The number of ether oxygens (including phenoxy) is 4. The van der Waals surface area contributed by atoms with Gasteiger partial charge in [-0.15, -0.1) is 0 Å². The van der Waals surface area contributed by atoms with E-state index >= 15 is 0 Å². The van der Waals surface area contributed by atoms with Gasteiger partial charge in [0.25, 0.3) is 5.79 Å². The van der Waals surface area contributed by atoms with E-state index in [1.807, 2.05) is 5.32 Å². The number of aliphatic hydroxyl groups is 9. The van der Waals surface area contributed by atoms with E-state index in [1.54, 1.807) is 0 Å². The summed E-state index contributed by atoms with van der Waals surface area (Å²) in [6.45, 7) is -5.36. The van der Waals surface area contributed by atoms with E-state index in [1.165, 1.54) is 0 Å². The van der Waals surface area contributed by atoms with Crippen LogP contribution in [0, 0.1) is 0 Å². The molecule has 1 aromatic heterocycles. The fraction of sp³-hybridized carbons (Fsp3) is 0.750. The minimum absolute atomic E-state index is 0.189. The first-order valence-electron chi connectivity index (χ1n) is 17.5. The molecule has 61 heavy (non-hydrogen) atoms. The number of carbonyl (C=O) groups is 3. The summed E-state index contributed by atoms with van der Waals surface area (Å²) in [5.74, 6) is -8.21. The maximum absolute atomic E-state index is 13.1. The Bertz CT molecular complexity index is 1860. The summed E-state index contributed by atoms with van der Waals surface area (Å²) in [5, 5.41) is 107. The van der Waals surface area contributed by atoms with Gasteiger partial charge in [0.05, 0.1) is 38.5 Å². The molecule has 0 spiro atoms. The van der Waals surface area contributed by atoms with E-state index in [-0.39, 0.29) is 5.82 Å². The second-order valence-corrected chi connectivity index (χ2v) is 16.2. The Balaban J connectivity index is 1.38. The van der Waals surface area contributed by atoms with Crippen molar-refractivity contribution in [3.05, 3.63) is 22.7 Å². The molecule has 31 nitrogen and oxygen atoms in total. The normalized spacial score (nSPS) is 35.1. The number of carboxylic acid groups (broad SMARTS) is 1. The van der Waals surface area contributed by atoms with Crippen molar-refractivity contribution in [2.45, 2.75) is 97.9 Å². The lowest BCUT2D eigenvalue weighted by atomic mass is 9.88. The predicted molar refractivity (Wildman–Crippen MR) is 186 cm³/mol. The van der Waals surface area contributed by atoms with Crippen LogP contribution in [-0.2, 0) is 56.0 Å². The van der Waals surface area contributed by atoms with E-state index in [2.05, 4.69) is 14.8 Å². The highest BCUT2D eigenvalue weighted by atomic mass is 31.2. The molecular weight excluding hydrogens is 884 g/mol. The number of nitrogens with one attached hydrogen (secondary N) is 2. The van der Waals surface area contributed by atoms with Crippen LogP contribution >= 0.6 is 15.6 Å². The van der Waals surface area contributed by atoms with Crippen molar-refractivity contribution < 1.29 is 122 Å². The van der Waals surface area contributed by atoms with Crippen molar-refractivity contribution in [1.29, 1.82) is 0 Å². The number of anilines is 1. The van der Waals surface area contributed by atoms with E-state index in [9.17, 15) is 84.3 Å². The highest BCUT2D eigenvalue weighted by molar-refractivity contribution is 7.47. The van der Waals surface area contributed by atoms with E-state index in [0.717, 1.165) is 16.8 Å². The largest absolute Gasteiger partial charge is 0.477 e. The first-order chi connectivity index (χ1) is 28.3. The second kappa shape index (κ2) is 20.5. The fourth-order valence-corrected chi connectivity index (χ4v) is 7.37. The molecule has 0 aliphatic carbocycles. The average Bonchev–Trinajstić information content (AvgIpc) is 3.46. The molecule has 11 unspecified atom stereocenters. The summed E-state index contributed by atoms with van der Waals surface area (Å²) in [6.07, 6.45) is -25.9. The van der Waals surface area contributed by atoms with Crippen LogP contribution < -0.4 is 22.1 Å². The number of phosphoric ester groups is 2. The molecule has 0 bridgehead atoms. The van der Waals surface area contributed by atoms with Crippen molar-refractivity contribution in [3.8, 4) is 0 Å². The maximum atomic E-state index is 13.1. The number of rotatable bonds is 19. The number of nitrogen functional groups attached to an aromatic ring is 1. The number of aliphatic carboxylic acids is 1. The van der Waals surface area contributed by atoms with Gasteiger partial charge < -0.3 is 101 Å². The molecule has 348 valence electrons. The average molecular weight is 930 g/mol. The SMILES string of the molecule is Nc1ccn(C2OC(COP(=O)(O)OC3(C(=O)O)CC(O)C(NC(=O)CNC(=O)CO[C@@H]4OC(COP(=O)(O)O)[C@H](O)[C@H](O)C4O)C([C@H](O)[C@H](O)CO)O3)C(O)C2O)c(=O)n1. The summed E-state index contributed by atoms with van der Waals surface area (Å²) < 4.78 is 59.5. The molecule has 0 aromatic carbocycles. The van der Waals surface area contributed by atoms with Gasteiger partial charge in [-0.25, -0.2) is 23.2 Å². The molecule has 3 saturated heterocycles. The number of aliphatic hydroxyl groups excluding tert-OH is 9. The van der Waals surface area contributed by atoms with Gasteiger partial charge in [0.15, 0.2) is 12.5 Å². The molecule has 4 heterocycles. The van der Waals surface area contributed by atoms with E-state index < -0.39 is 170 Å². The van der Waals surface area contributed by atoms with Crippen molar-refractivity contribution in [2.75, 3.05) is 38.7 Å². The van der Waals surface area contributed by atoms with Gasteiger partial charge in [0, 0.05) is 12.6 Å². The van der Waals surface area contributed by atoms with Crippen LogP contribution in [0.15, 0.2) is 17.1 Å². The van der Waals surface area contributed by atoms with Crippen molar-refractivity contribution in [1.82, 2.24) is 20.2 Å². The van der Waals surface area contributed by atoms with Crippen LogP contribution in [0.4, 0.5) is 5.82 Å². The van der Waals surface area contributed by atoms with Crippen LogP contribution in [-0.4, -0.2) is 211 Å². The third-order valence-electron chi connectivity index (χ3n) is 9.17. The Labute approximate surface area is 340 Å². The highest BCUT2D eigenvalue weighted by Gasteiger charge is 2.59. The third kappa shape index (κ3) is 12.7. The Hall–Kier alpha value is -3.21. The molecular formula is C28H45N5O26P2. The summed E-state index contributed by atoms with van der Waals surface area (Å²) in [4.78, 5) is 81.8. The fourth-order valence-electron chi connectivity index (χ4n) is 6.07. The molecule has 1 aromatic rings. The maximum Gasteiger partial charge on any atom is 0.475 e. The zero-order valence-electron chi connectivity index (χ0n) is 31.0. The molecule has 4 rings (SSSR count). The van der Waals surface area contributed by atoms with Gasteiger partial charge >= 0.3 is 27.3 Å². The molecule has 0 radical (unpaired) electrons. The molecule has 0 saturated carbocycles. The van der Waals surface area contributed by atoms with Gasteiger partial charge in [-0.3, -0.25) is 23.2 Å². The zero-order valence-corrected chi connectivity index (χ0v) is 32.8. The van der Waals surface area contributed by atoms with Gasteiger partial charge in [0.2, 0.25) is 11.8 Å². The second-order valence-electron chi connectivity index (χ2n) is 13.6. The van der Waals surface area contributed by atoms with Gasteiger partial charge in [0.1, 0.15) is 73.5 Å². The van der Waals surface area contributed by atoms with Crippen LogP contribution in [0.2, 0.25) is 0 Å². The minimum Gasteiger partial charge on any atom is -0.477 e. The quantitative estimate of drug-likeness (QED) is 0.0573. The van der Waals surface area contributed by atoms with Crippen molar-refractivity contribution >= 4 is 39.2 Å². The number of carboxylic acids is 1. The van der Waals surface area contributed by atoms with Crippen molar-refractivity contribution in [3.63, 3.8) is 0 Å². The lowest BCUT2D eigenvalue weighted by molar-refractivity contribution is -0.298. The van der Waals surface area contributed by atoms with Gasteiger partial charge in [-0.1, -0.05) is 0 Å². The van der Waals surface area contributed by atoms with Crippen LogP contribution in [0.5, 0.6) is 0 Å². The van der Waals surface area contributed by atoms with Crippen molar-refractivity contribution in [2.24, 2.45) is 0 Å². The Morgan fingerprint density at radius 3 is 2.18 bits per heavy atom. The lowest BCUT2D eigenvalue weighted by Gasteiger charge is -2.46. The standard InChI is InChI=1S/C28H45N5O26P2/c29-13-1-2-33(27(47)31-13)24-21(43)19(41)11(56-24)7-55-61(51,52)59-28(26(45)46)3-9(35)16(23(58-28)17(39)10(36)5-34)32-14(37)4-30-15(38)8-53-25-22(44)20(42)18(40)12(57-25)6-54-60(48,49)50/h1-2,9-12,16-25,34-36,39-44H,3-8H2,(H,30,38)(H,32,37)(H,45,46)(H,51,52)(H2,29,31,47)(H2,48,49,50)/t9?,10-,11?,12?,16?,17-,18+,19?,20+,21?,22?,23?,24?,25-,28?/m1/s1. The number of nitrogens with zero attached hydrogens (tertiary/aromatic N) is 2. The highest BCUT2D eigenvalue weighted by Crippen LogP contribution is 2.51. The number of nitrogens with two attached hydrogens (primary N) is 1. The zero-order chi connectivity index (χ0) is 45.8. The summed E-state index contributed by atoms with van der Waals surface area (Å²) in [6, 6.07) is -0.784.